The fourth-order valence-electron chi connectivity index (χ4n) is 2.22. The molecule has 4 N–H and O–H groups in total. The quantitative estimate of drug-likeness (QED) is 0.529. The normalized spacial score (nSPS) is 20.3. The lowest BCUT2D eigenvalue weighted by Crippen LogP contribution is -2.53. The van der Waals surface area contributed by atoms with Gasteiger partial charge in [0.05, 0.1) is 0 Å². The summed E-state index contributed by atoms with van der Waals surface area (Å²) in [5.41, 5.74) is 8.37. The van der Waals surface area contributed by atoms with Crippen LogP contribution in [-0.4, -0.2) is 48.0 Å². The van der Waals surface area contributed by atoms with E-state index < -0.39 is 17.9 Å². The summed E-state index contributed by atoms with van der Waals surface area (Å²) in [6.07, 6.45) is 5.21. The Labute approximate surface area is 107 Å². The zero-order valence-corrected chi connectivity index (χ0v) is 10.7. The number of nitrogens with zero attached hydrogens (tertiary/aromatic N) is 1. The maximum Gasteiger partial charge on any atom is 0.322 e. The number of aliphatic carboxylic acids is 1. The molecule has 1 aliphatic heterocycles. The highest BCUT2D eigenvalue weighted by Gasteiger charge is 2.29. The van der Waals surface area contributed by atoms with Crippen LogP contribution in [0.2, 0.25) is 0 Å². The number of carboxylic acids is 1. The molecule has 0 aromatic rings. The molecule has 6 heteroatoms. The maximum atomic E-state index is 11.3. The number of aldehydes is 1. The number of carbonyl (C=O) groups excluding carboxylic acids is 1. The van der Waals surface area contributed by atoms with E-state index in [1.54, 1.807) is 0 Å². The van der Waals surface area contributed by atoms with Gasteiger partial charge >= 0.3 is 5.97 Å². The van der Waals surface area contributed by atoms with Crippen molar-refractivity contribution in [3.8, 4) is 0 Å². The molecule has 1 heterocycles. The summed E-state index contributed by atoms with van der Waals surface area (Å²) >= 11 is 0. The van der Waals surface area contributed by atoms with Gasteiger partial charge in [-0.1, -0.05) is 6.42 Å². The number of nitrogens with one attached hydrogen (secondary N) is 1. The zero-order valence-electron chi connectivity index (χ0n) is 10.7. The van der Waals surface area contributed by atoms with Gasteiger partial charge in [-0.05, 0) is 32.2 Å². The molecule has 0 amide bonds. The van der Waals surface area contributed by atoms with Crippen LogP contribution >= 0.6 is 0 Å². The topological polar surface area (TPSA) is 95.7 Å². The molecule has 0 spiro atoms. The number of carboxylic acid groups (broad SMARTS) is 1. The summed E-state index contributed by atoms with van der Waals surface area (Å²) in [5, 5.41) is 11.1. The van der Waals surface area contributed by atoms with E-state index in [9.17, 15) is 14.7 Å². The van der Waals surface area contributed by atoms with E-state index in [4.69, 9.17) is 5.73 Å². The number of carbonyl (C=O) groups is 2. The number of hydrogen-bond acceptors (Lipinski definition) is 5. The highest BCUT2D eigenvalue weighted by Crippen LogP contribution is 2.12. The predicted octanol–water partition coefficient (Wildman–Crippen LogP) is -0.0159. The van der Waals surface area contributed by atoms with Crippen molar-refractivity contribution in [1.82, 2.24) is 10.4 Å². The molecule has 2 atom stereocenters. The Balaban J connectivity index is 2.55. The Hall–Kier alpha value is -0.980. The maximum absolute atomic E-state index is 11.3. The number of hydrazine groups is 1. The Morgan fingerprint density at radius 2 is 2.06 bits per heavy atom. The summed E-state index contributed by atoms with van der Waals surface area (Å²) in [6.45, 7) is 2.15. The third kappa shape index (κ3) is 4.72. The van der Waals surface area contributed by atoms with Gasteiger partial charge in [0.25, 0.3) is 0 Å². The van der Waals surface area contributed by atoms with Crippen molar-refractivity contribution in [2.45, 2.75) is 38.1 Å². The largest absolute Gasteiger partial charge is 0.480 e. The van der Waals surface area contributed by atoms with Crippen LogP contribution in [0.15, 0.2) is 0 Å². The lowest BCUT2D eigenvalue weighted by molar-refractivity contribution is -0.144. The average molecular weight is 257 g/mol. The first kappa shape index (κ1) is 15.1. The van der Waals surface area contributed by atoms with Gasteiger partial charge in [-0.25, -0.2) is 10.4 Å². The first-order valence-electron chi connectivity index (χ1n) is 6.58. The Bertz CT molecular complexity index is 267. The van der Waals surface area contributed by atoms with E-state index in [1.807, 2.05) is 5.01 Å². The molecule has 18 heavy (non-hydrogen) atoms. The summed E-state index contributed by atoms with van der Waals surface area (Å²) in [5.74, 6) is -1.50. The highest BCUT2D eigenvalue weighted by molar-refractivity contribution is 5.78. The van der Waals surface area contributed by atoms with E-state index in [0.717, 1.165) is 32.2 Å². The fraction of sp³-hybridized carbons (Fsp3) is 0.833. The van der Waals surface area contributed by atoms with Gasteiger partial charge in [0, 0.05) is 19.0 Å². The third-order valence-electron chi connectivity index (χ3n) is 3.29. The van der Waals surface area contributed by atoms with Crippen LogP contribution in [0.5, 0.6) is 0 Å². The summed E-state index contributed by atoms with van der Waals surface area (Å²) < 4.78 is 0. The summed E-state index contributed by atoms with van der Waals surface area (Å²) in [4.78, 5) is 22.3. The van der Waals surface area contributed by atoms with E-state index >= 15 is 0 Å². The van der Waals surface area contributed by atoms with E-state index in [0.29, 0.717) is 19.4 Å². The molecule has 0 aromatic heterocycles. The molecule has 0 saturated carbocycles. The molecular weight excluding hydrogens is 234 g/mol. The predicted molar refractivity (Wildman–Crippen MR) is 67.8 cm³/mol. The van der Waals surface area contributed by atoms with E-state index in [1.165, 1.54) is 6.42 Å². The van der Waals surface area contributed by atoms with Gasteiger partial charge in [0.2, 0.25) is 0 Å². The Kier molecular flexibility index (Phi) is 6.85. The molecule has 0 bridgehead atoms. The standard InChI is InChI=1S/C12H23N3O3/c13-6-4-5-10(9-16)11(12(17)18)14-15-7-2-1-3-8-15/h9-11,14H,1-8,13H2,(H,17,18)/t10?,11-/m0/s1. The zero-order chi connectivity index (χ0) is 13.4. The monoisotopic (exact) mass is 257 g/mol. The van der Waals surface area contributed by atoms with Crippen molar-refractivity contribution in [1.29, 1.82) is 0 Å². The fourth-order valence-corrected chi connectivity index (χ4v) is 2.22. The molecule has 0 radical (unpaired) electrons. The highest BCUT2D eigenvalue weighted by atomic mass is 16.4. The number of nitrogens with two attached hydrogens (primary N) is 1. The SMILES string of the molecule is NCCCC(C=O)[C@H](NN1CCCCC1)C(=O)O. The van der Waals surface area contributed by atoms with Crippen LogP contribution in [0, 0.1) is 5.92 Å². The van der Waals surface area contributed by atoms with Crippen LogP contribution < -0.4 is 11.2 Å². The number of rotatable bonds is 8. The molecule has 6 nitrogen and oxygen atoms in total. The second kappa shape index (κ2) is 8.18. The van der Waals surface area contributed by atoms with Gasteiger partial charge in [0.15, 0.2) is 0 Å². The molecule has 1 unspecified atom stereocenters. The molecule has 1 rings (SSSR count). The lowest BCUT2D eigenvalue weighted by atomic mass is 9.96. The van der Waals surface area contributed by atoms with Crippen molar-refractivity contribution in [3.63, 3.8) is 0 Å². The van der Waals surface area contributed by atoms with Crippen molar-refractivity contribution in [2.24, 2.45) is 11.7 Å². The van der Waals surface area contributed by atoms with Crippen molar-refractivity contribution in [2.75, 3.05) is 19.6 Å². The average Bonchev–Trinajstić information content (AvgIpc) is 2.39. The van der Waals surface area contributed by atoms with Gasteiger partial charge in [-0.3, -0.25) is 4.79 Å². The first-order valence-corrected chi connectivity index (χ1v) is 6.58. The molecular formula is C12H23N3O3. The first-order chi connectivity index (χ1) is 8.69. The Morgan fingerprint density at radius 3 is 2.56 bits per heavy atom. The van der Waals surface area contributed by atoms with E-state index in [-0.39, 0.29) is 0 Å². The van der Waals surface area contributed by atoms with Gasteiger partial charge in [-0.2, -0.15) is 0 Å². The van der Waals surface area contributed by atoms with Crippen molar-refractivity contribution < 1.29 is 14.7 Å². The molecule has 1 aliphatic rings. The van der Waals surface area contributed by atoms with Gasteiger partial charge in [-0.15, -0.1) is 0 Å². The van der Waals surface area contributed by atoms with Gasteiger partial charge < -0.3 is 15.6 Å². The minimum Gasteiger partial charge on any atom is -0.480 e. The Morgan fingerprint density at radius 1 is 1.39 bits per heavy atom. The van der Waals surface area contributed by atoms with Crippen molar-refractivity contribution >= 4 is 12.3 Å². The third-order valence-corrected chi connectivity index (χ3v) is 3.29. The molecule has 0 aliphatic carbocycles. The molecule has 1 saturated heterocycles. The molecule has 1 fully saturated rings. The summed E-state index contributed by atoms with van der Waals surface area (Å²) in [6, 6.07) is -0.841. The molecule has 0 aromatic carbocycles. The van der Waals surface area contributed by atoms with Gasteiger partial charge in [0.1, 0.15) is 12.3 Å². The smallest absolute Gasteiger partial charge is 0.322 e. The van der Waals surface area contributed by atoms with Crippen LogP contribution in [0.3, 0.4) is 0 Å². The van der Waals surface area contributed by atoms with Crippen LogP contribution in [0.4, 0.5) is 0 Å². The molecule has 104 valence electrons. The second-order valence-electron chi connectivity index (χ2n) is 4.72. The van der Waals surface area contributed by atoms with Crippen LogP contribution in [-0.2, 0) is 9.59 Å². The number of hydrogen-bond donors (Lipinski definition) is 3. The van der Waals surface area contributed by atoms with Crippen LogP contribution in [0.25, 0.3) is 0 Å². The van der Waals surface area contributed by atoms with Crippen molar-refractivity contribution in [3.05, 3.63) is 0 Å². The number of piperidine rings is 1. The lowest BCUT2D eigenvalue weighted by Gasteiger charge is -2.32. The van der Waals surface area contributed by atoms with Crippen LogP contribution in [0.1, 0.15) is 32.1 Å². The minimum atomic E-state index is -0.977. The van der Waals surface area contributed by atoms with E-state index in [2.05, 4.69) is 5.43 Å². The minimum absolute atomic E-state index is 0.473. The summed E-state index contributed by atoms with van der Waals surface area (Å²) in [7, 11) is 0. The second-order valence-corrected chi connectivity index (χ2v) is 4.72.